The van der Waals surface area contributed by atoms with Gasteiger partial charge in [0, 0.05) is 0 Å². The zero-order chi connectivity index (χ0) is 20.8. The van der Waals surface area contributed by atoms with Crippen LogP contribution >= 0.6 is 0 Å². The van der Waals surface area contributed by atoms with E-state index in [4.69, 9.17) is 14.9 Å². The summed E-state index contributed by atoms with van der Waals surface area (Å²) in [6, 6.07) is 12.9. The van der Waals surface area contributed by atoms with Crippen molar-refractivity contribution in [2.45, 2.75) is 12.1 Å². The van der Waals surface area contributed by atoms with E-state index in [-0.39, 0.29) is 22.6 Å². The molecule has 29 heavy (non-hydrogen) atoms. The number of alkyl halides is 3. The molecule has 0 aliphatic carbocycles. The Labute approximate surface area is 161 Å². The maximum atomic E-state index is 13.8. The molecule has 2 N–H and O–H groups in total. The summed E-state index contributed by atoms with van der Waals surface area (Å²) in [5.41, 5.74) is 5.65. The van der Waals surface area contributed by atoms with Gasteiger partial charge >= 0.3 is 6.18 Å². The Morgan fingerprint density at radius 3 is 2.38 bits per heavy atom. The van der Waals surface area contributed by atoms with Crippen molar-refractivity contribution in [3.63, 3.8) is 0 Å². The summed E-state index contributed by atoms with van der Waals surface area (Å²) in [5.74, 6) is -4.38. The monoisotopic (exact) mass is 401 g/mol. The van der Waals surface area contributed by atoms with Gasteiger partial charge in [0.1, 0.15) is 23.0 Å². The van der Waals surface area contributed by atoms with Crippen LogP contribution in [0, 0.1) is 17.1 Å². The fourth-order valence-electron chi connectivity index (χ4n) is 3.16. The number of nitriles is 1. The fraction of sp³-hybridized carbons (Fsp3) is 0.100. The third-order valence-corrected chi connectivity index (χ3v) is 4.40. The van der Waals surface area contributed by atoms with Crippen molar-refractivity contribution in [3.8, 4) is 6.07 Å². The second-order valence-corrected chi connectivity index (χ2v) is 6.20. The number of oxazole rings is 1. The zero-order valence-electron chi connectivity index (χ0n) is 14.5. The zero-order valence-corrected chi connectivity index (χ0v) is 14.5. The molecule has 1 aliphatic heterocycles. The van der Waals surface area contributed by atoms with Crippen LogP contribution in [-0.2, 0) is 4.74 Å². The summed E-state index contributed by atoms with van der Waals surface area (Å²) in [6.45, 7) is 0. The predicted molar refractivity (Wildman–Crippen MR) is 94.0 cm³/mol. The lowest BCUT2D eigenvalue weighted by Crippen LogP contribution is -2.27. The molecular formula is C20H11F4N3O2. The topological polar surface area (TPSA) is 85.1 Å². The van der Waals surface area contributed by atoms with E-state index in [0.29, 0.717) is 5.52 Å². The number of rotatable bonds is 2. The molecule has 2 aromatic carbocycles. The molecule has 0 fully saturated rings. The normalized spacial score (nSPS) is 17.4. The highest BCUT2D eigenvalue weighted by Gasteiger charge is 2.47. The van der Waals surface area contributed by atoms with Crippen LogP contribution in [0.25, 0.3) is 16.7 Å². The van der Waals surface area contributed by atoms with Crippen molar-refractivity contribution in [2.75, 3.05) is 0 Å². The molecule has 1 aliphatic rings. The van der Waals surface area contributed by atoms with Crippen molar-refractivity contribution >= 4 is 16.7 Å². The molecule has 0 bridgehead atoms. The minimum atomic E-state index is -4.94. The molecule has 3 aromatic rings. The standard InChI is InChI=1S/C20H11F4N3O2/c21-11-7-5-10(6-8-11)15-12(9-25)18(26)29-17(20(22,23)24)16(15)19-27-13-3-1-2-4-14(13)28-19/h1-8,15H,26H2/t15-/m0/s1. The summed E-state index contributed by atoms with van der Waals surface area (Å²) in [7, 11) is 0. The average molecular weight is 401 g/mol. The van der Waals surface area contributed by atoms with E-state index >= 15 is 0 Å². The number of hydrogen-bond acceptors (Lipinski definition) is 5. The summed E-state index contributed by atoms with van der Waals surface area (Å²) >= 11 is 0. The van der Waals surface area contributed by atoms with Gasteiger partial charge in [-0.3, -0.25) is 0 Å². The summed E-state index contributed by atoms with van der Waals surface area (Å²) in [4.78, 5) is 4.14. The Morgan fingerprint density at radius 1 is 1.07 bits per heavy atom. The van der Waals surface area contributed by atoms with E-state index in [2.05, 4.69) is 4.98 Å². The second kappa shape index (κ2) is 6.67. The molecule has 0 saturated carbocycles. The smallest absolute Gasteiger partial charge is 0.436 e. The number of hydrogen-bond donors (Lipinski definition) is 1. The number of fused-ring (bicyclic) bond motifs is 1. The second-order valence-electron chi connectivity index (χ2n) is 6.20. The molecule has 4 rings (SSSR count). The molecule has 1 aromatic heterocycles. The Bertz CT molecular complexity index is 1170. The predicted octanol–water partition coefficient (Wildman–Crippen LogP) is 4.75. The molecule has 0 unspecified atom stereocenters. The number of ether oxygens (including phenoxy) is 1. The molecule has 0 spiro atoms. The largest absolute Gasteiger partial charge is 0.450 e. The minimum Gasteiger partial charge on any atom is -0.436 e. The molecular weight excluding hydrogens is 390 g/mol. The van der Waals surface area contributed by atoms with E-state index in [9.17, 15) is 22.8 Å². The van der Waals surface area contributed by atoms with Crippen LogP contribution in [0.4, 0.5) is 17.6 Å². The average Bonchev–Trinajstić information content (AvgIpc) is 3.11. The van der Waals surface area contributed by atoms with Crippen molar-refractivity contribution in [1.29, 1.82) is 5.26 Å². The number of benzene rings is 2. The van der Waals surface area contributed by atoms with Crippen LogP contribution in [-0.4, -0.2) is 11.2 Å². The van der Waals surface area contributed by atoms with Crippen LogP contribution in [0.1, 0.15) is 17.4 Å². The van der Waals surface area contributed by atoms with Gasteiger partial charge in [0.15, 0.2) is 5.58 Å². The first-order valence-electron chi connectivity index (χ1n) is 8.30. The van der Waals surface area contributed by atoms with Gasteiger partial charge < -0.3 is 14.9 Å². The lowest BCUT2D eigenvalue weighted by Gasteiger charge is -2.28. The Morgan fingerprint density at radius 2 is 1.76 bits per heavy atom. The van der Waals surface area contributed by atoms with Crippen LogP contribution in [0.15, 0.2) is 70.2 Å². The van der Waals surface area contributed by atoms with Crippen LogP contribution < -0.4 is 5.73 Å². The van der Waals surface area contributed by atoms with Crippen LogP contribution in [0.3, 0.4) is 0 Å². The van der Waals surface area contributed by atoms with Gasteiger partial charge in [-0.05, 0) is 29.8 Å². The highest BCUT2D eigenvalue weighted by atomic mass is 19.4. The highest BCUT2D eigenvalue weighted by molar-refractivity contribution is 5.81. The van der Waals surface area contributed by atoms with Crippen molar-refractivity contribution in [1.82, 2.24) is 4.98 Å². The maximum Gasteiger partial charge on any atom is 0.450 e. The van der Waals surface area contributed by atoms with Gasteiger partial charge in [0.2, 0.25) is 17.5 Å². The third kappa shape index (κ3) is 3.18. The molecule has 146 valence electrons. The van der Waals surface area contributed by atoms with E-state index in [1.807, 2.05) is 0 Å². The highest BCUT2D eigenvalue weighted by Crippen LogP contribution is 2.48. The van der Waals surface area contributed by atoms with E-state index in [0.717, 1.165) is 12.1 Å². The fourth-order valence-corrected chi connectivity index (χ4v) is 3.16. The maximum absolute atomic E-state index is 13.8. The Balaban J connectivity index is 2.03. The van der Waals surface area contributed by atoms with Gasteiger partial charge in [-0.15, -0.1) is 0 Å². The quantitative estimate of drug-likeness (QED) is 0.627. The van der Waals surface area contributed by atoms with Gasteiger partial charge in [0.05, 0.1) is 11.5 Å². The molecule has 0 radical (unpaired) electrons. The van der Waals surface area contributed by atoms with Gasteiger partial charge in [-0.2, -0.15) is 18.4 Å². The van der Waals surface area contributed by atoms with E-state index in [1.165, 1.54) is 12.1 Å². The van der Waals surface area contributed by atoms with Gasteiger partial charge in [-0.25, -0.2) is 9.37 Å². The van der Waals surface area contributed by atoms with Crippen molar-refractivity contribution < 1.29 is 26.7 Å². The molecule has 5 nitrogen and oxygen atoms in total. The van der Waals surface area contributed by atoms with E-state index in [1.54, 1.807) is 30.3 Å². The molecule has 2 heterocycles. The first-order chi connectivity index (χ1) is 13.8. The van der Waals surface area contributed by atoms with Crippen molar-refractivity contribution in [3.05, 3.63) is 83.0 Å². The summed E-state index contributed by atoms with van der Waals surface area (Å²) in [5, 5.41) is 9.54. The number of aromatic nitrogens is 1. The number of nitrogens with two attached hydrogens (primary N) is 1. The van der Waals surface area contributed by atoms with Gasteiger partial charge in [-0.1, -0.05) is 24.3 Å². The summed E-state index contributed by atoms with van der Waals surface area (Å²) < 4.78 is 65.2. The molecule has 9 heteroatoms. The number of nitrogens with zero attached hydrogens (tertiary/aromatic N) is 2. The lowest BCUT2D eigenvalue weighted by atomic mass is 9.82. The molecule has 0 saturated heterocycles. The number of halogens is 4. The molecule has 1 atom stereocenters. The minimum absolute atomic E-state index is 0.202. The summed E-state index contributed by atoms with van der Waals surface area (Å²) in [6.07, 6.45) is -4.94. The number of para-hydroxylation sites is 2. The first kappa shape index (κ1) is 18.6. The van der Waals surface area contributed by atoms with Gasteiger partial charge in [0.25, 0.3) is 0 Å². The third-order valence-electron chi connectivity index (χ3n) is 4.40. The molecule has 0 amide bonds. The number of allylic oxidation sites excluding steroid dienone is 3. The lowest BCUT2D eigenvalue weighted by molar-refractivity contribution is -0.124. The van der Waals surface area contributed by atoms with E-state index < -0.39 is 35.1 Å². The SMILES string of the molecule is N#CC1=C(N)OC(C(F)(F)F)=C(c2nc3ccccc3o2)[C@H]1c1ccc(F)cc1. The van der Waals surface area contributed by atoms with Crippen molar-refractivity contribution in [2.24, 2.45) is 5.73 Å². The Kier molecular flexibility index (Phi) is 4.27. The first-order valence-corrected chi connectivity index (χ1v) is 8.30. The van der Waals surface area contributed by atoms with Crippen LogP contribution in [0.2, 0.25) is 0 Å². The van der Waals surface area contributed by atoms with Crippen LogP contribution in [0.5, 0.6) is 0 Å². The Hall–Kier alpha value is -3.80.